The van der Waals surface area contributed by atoms with Crippen molar-refractivity contribution in [2.45, 2.75) is 58.9 Å². The average molecular weight is 335 g/mol. The van der Waals surface area contributed by atoms with Crippen LogP contribution in [0.3, 0.4) is 0 Å². The summed E-state index contributed by atoms with van der Waals surface area (Å²) in [7, 11) is 0. The molecule has 0 radical (unpaired) electrons. The quantitative estimate of drug-likeness (QED) is 0.668. The topological polar surface area (TPSA) is 67.4 Å². The minimum atomic E-state index is -0.518. The number of nitrogens with one attached hydrogen (secondary N) is 2. The molecular formula is C16H31ClN2O3. The number of piperidine rings is 1. The SMILES string of the molecule is CCOC(=O)C(NC(=O)CCC1CCNCC1)C(C)CC.Cl. The molecule has 2 unspecified atom stereocenters. The van der Waals surface area contributed by atoms with Crippen LogP contribution in [0, 0.1) is 11.8 Å². The first-order valence-electron chi connectivity index (χ1n) is 8.25. The lowest BCUT2D eigenvalue weighted by molar-refractivity contribution is -0.149. The molecule has 2 atom stereocenters. The number of rotatable bonds is 8. The monoisotopic (exact) mass is 334 g/mol. The van der Waals surface area contributed by atoms with Crippen LogP contribution in [0.1, 0.15) is 52.9 Å². The highest BCUT2D eigenvalue weighted by molar-refractivity contribution is 5.85. The molecule has 5 nitrogen and oxygen atoms in total. The predicted molar refractivity (Wildman–Crippen MR) is 90.1 cm³/mol. The van der Waals surface area contributed by atoms with Crippen LogP contribution < -0.4 is 10.6 Å². The predicted octanol–water partition coefficient (Wildman–Crippen LogP) is 2.28. The summed E-state index contributed by atoms with van der Waals surface area (Å²) in [6.07, 6.45) is 4.51. The van der Waals surface area contributed by atoms with Gasteiger partial charge in [-0.05, 0) is 51.1 Å². The molecule has 2 N–H and O–H groups in total. The molecular weight excluding hydrogens is 304 g/mol. The number of esters is 1. The van der Waals surface area contributed by atoms with Crippen LogP contribution in [0.5, 0.6) is 0 Å². The first kappa shape index (κ1) is 21.2. The first-order valence-corrected chi connectivity index (χ1v) is 8.25. The Bertz CT molecular complexity index is 333. The minimum Gasteiger partial charge on any atom is -0.464 e. The van der Waals surface area contributed by atoms with E-state index in [0.717, 1.165) is 38.8 Å². The number of carbonyl (C=O) groups excluding carboxylic acids is 2. The van der Waals surface area contributed by atoms with E-state index in [9.17, 15) is 9.59 Å². The molecule has 1 saturated heterocycles. The van der Waals surface area contributed by atoms with Crippen LogP contribution in [0.4, 0.5) is 0 Å². The molecule has 1 rings (SSSR count). The Balaban J connectivity index is 0.00000441. The van der Waals surface area contributed by atoms with Gasteiger partial charge in [-0.3, -0.25) is 4.79 Å². The van der Waals surface area contributed by atoms with Crippen molar-refractivity contribution in [2.24, 2.45) is 11.8 Å². The van der Waals surface area contributed by atoms with Crippen molar-refractivity contribution >= 4 is 24.3 Å². The van der Waals surface area contributed by atoms with E-state index in [1.807, 2.05) is 13.8 Å². The molecule has 1 amide bonds. The van der Waals surface area contributed by atoms with Gasteiger partial charge in [0.15, 0.2) is 0 Å². The lowest BCUT2D eigenvalue weighted by atomic mass is 9.93. The van der Waals surface area contributed by atoms with Gasteiger partial charge < -0.3 is 15.4 Å². The third-order valence-electron chi connectivity index (χ3n) is 4.31. The normalized spacial score (nSPS) is 18.0. The summed E-state index contributed by atoms with van der Waals surface area (Å²) < 4.78 is 5.06. The number of halogens is 1. The Morgan fingerprint density at radius 1 is 1.27 bits per heavy atom. The number of hydrogen-bond acceptors (Lipinski definition) is 4. The first-order chi connectivity index (χ1) is 10.1. The smallest absolute Gasteiger partial charge is 0.328 e. The Labute approximate surface area is 140 Å². The van der Waals surface area contributed by atoms with Crippen LogP contribution >= 0.6 is 12.4 Å². The van der Waals surface area contributed by atoms with Crippen molar-refractivity contribution in [3.05, 3.63) is 0 Å². The van der Waals surface area contributed by atoms with Gasteiger partial charge in [-0.25, -0.2) is 4.79 Å². The van der Waals surface area contributed by atoms with Gasteiger partial charge in [-0.2, -0.15) is 0 Å². The Kier molecular flexibility index (Phi) is 11.3. The highest BCUT2D eigenvalue weighted by Crippen LogP contribution is 2.18. The standard InChI is InChI=1S/C16H30N2O3.ClH/c1-4-12(3)15(16(20)21-5-2)18-14(19)7-6-13-8-10-17-11-9-13;/h12-13,15,17H,4-11H2,1-3H3,(H,18,19);1H. The second kappa shape index (κ2) is 11.7. The van der Waals surface area contributed by atoms with E-state index in [2.05, 4.69) is 10.6 Å². The van der Waals surface area contributed by atoms with Crippen LogP contribution in [0.15, 0.2) is 0 Å². The zero-order valence-corrected chi connectivity index (χ0v) is 14.8. The van der Waals surface area contributed by atoms with E-state index in [1.165, 1.54) is 0 Å². The molecule has 0 saturated carbocycles. The summed E-state index contributed by atoms with van der Waals surface area (Å²) in [5.41, 5.74) is 0. The molecule has 1 fully saturated rings. The number of hydrogen-bond donors (Lipinski definition) is 2. The van der Waals surface area contributed by atoms with Crippen molar-refractivity contribution in [3.63, 3.8) is 0 Å². The lowest BCUT2D eigenvalue weighted by Crippen LogP contribution is -2.46. The average Bonchev–Trinajstić information content (AvgIpc) is 2.51. The van der Waals surface area contributed by atoms with Crippen LogP contribution in [0.2, 0.25) is 0 Å². The summed E-state index contributed by atoms with van der Waals surface area (Å²) >= 11 is 0. The van der Waals surface area contributed by atoms with E-state index in [-0.39, 0.29) is 30.2 Å². The highest BCUT2D eigenvalue weighted by atomic mass is 35.5. The number of amides is 1. The maximum Gasteiger partial charge on any atom is 0.328 e. The van der Waals surface area contributed by atoms with Gasteiger partial charge in [0.05, 0.1) is 6.61 Å². The molecule has 1 heterocycles. The van der Waals surface area contributed by atoms with Gasteiger partial charge in [0, 0.05) is 6.42 Å². The van der Waals surface area contributed by atoms with Gasteiger partial charge in [0.25, 0.3) is 0 Å². The fourth-order valence-corrected chi connectivity index (χ4v) is 2.65. The highest BCUT2D eigenvalue weighted by Gasteiger charge is 2.27. The molecule has 130 valence electrons. The van der Waals surface area contributed by atoms with E-state index >= 15 is 0 Å². The van der Waals surface area contributed by atoms with Crippen molar-refractivity contribution in [1.29, 1.82) is 0 Å². The van der Waals surface area contributed by atoms with E-state index < -0.39 is 6.04 Å². The summed E-state index contributed by atoms with van der Waals surface area (Å²) in [6.45, 7) is 8.20. The second-order valence-electron chi connectivity index (χ2n) is 5.91. The van der Waals surface area contributed by atoms with Gasteiger partial charge >= 0.3 is 5.97 Å². The third kappa shape index (κ3) is 7.45. The fourth-order valence-electron chi connectivity index (χ4n) is 2.65. The molecule has 1 aliphatic heterocycles. The van der Waals surface area contributed by atoms with E-state index in [1.54, 1.807) is 6.92 Å². The van der Waals surface area contributed by atoms with Crippen molar-refractivity contribution in [3.8, 4) is 0 Å². The number of carbonyl (C=O) groups is 2. The molecule has 1 aliphatic rings. The van der Waals surface area contributed by atoms with E-state index in [0.29, 0.717) is 18.9 Å². The van der Waals surface area contributed by atoms with Gasteiger partial charge in [-0.15, -0.1) is 12.4 Å². The van der Waals surface area contributed by atoms with Gasteiger partial charge in [-0.1, -0.05) is 20.3 Å². The number of ether oxygens (including phenoxy) is 1. The molecule has 0 bridgehead atoms. The lowest BCUT2D eigenvalue weighted by Gasteiger charge is -2.24. The molecule has 0 spiro atoms. The minimum absolute atomic E-state index is 0. The van der Waals surface area contributed by atoms with Gasteiger partial charge in [0.2, 0.25) is 5.91 Å². The van der Waals surface area contributed by atoms with Crippen molar-refractivity contribution in [1.82, 2.24) is 10.6 Å². The maximum absolute atomic E-state index is 12.1. The van der Waals surface area contributed by atoms with Crippen molar-refractivity contribution in [2.75, 3.05) is 19.7 Å². The summed E-state index contributed by atoms with van der Waals surface area (Å²) in [5, 5.41) is 6.19. The van der Waals surface area contributed by atoms with E-state index in [4.69, 9.17) is 4.74 Å². The zero-order chi connectivity index (χ0) is 15.7. The molecule has 0 aliphatic carbocycles. The Morgan fingerprint density at radius 3 is 2.45 bits per heavy atom. The molecule has 0 aromatic rings. The van der Waals surface area contributed by atoms with Crippen LogP contribution in [-0.2, 0) is 14.3 Å². The third-order valence-corrected chi connectivity index (χ3v) is 4.31. The molecule has 22 heavy (non-hydrogen) atoms. The largest absolute Gasteiger partial charge is 0.464 e. The van der Waals surface area contributed by atoms with Crippen LogP contribution in [-0.4, -0.2) is 37.6 Å². The summed E-state index contributed by atoms with van der Waals surface area (Å²) in [6, 6.07) is -0.518. The zero-order valence-electron chi connectivity index (χ0n) is 14.0. The Hall–Kier alpha value is -0.810. The molecule has 0 aromatic heterocycles. The second-order valence-corrected chi connectivity index (χ2v) is 5.91. The maximum atomic E-state index is 12.1. The summed E-state index contributed by atoms with van der Waals surface area (Å²) in [4.78, 5) is 24.0. The van der Waals surface area contributed by atoms with Crippen molar-refractivity contribution < 1.29 is 14.3 Å². The van der Waals surface area contributed by atoms with Crippen LogP contribution in [0.25, 0.3) is 0 Å². The molecule has 0 aromatic carbocycles. The Morgan fingerprint density at radius 2 is 1.91 bits per heavy atom. The van der Waals surface area contributed by atoms with Gasteiger partial charge in [0.1, 0.15) is 6.04 Å². The summed E-state index contributed by atoms with van der Waals surface area (Å²) in [5.74, 6) is 0.363. The fraction of sp³-hybridized carbons (Fsp3) is 0.875. The molecule has 6 heteroatoms.